The largest absolute Gasteiger partial charge is 0.492 e. The molecule has 1 aliphatic heterocycles. The Morgan fingerprint density at radius 3 is 2.68 bits per heavy atom. The molecule has 0 aromatic heterocycles. The zero-order valence-electron chi connectivity index (χ0n) is 13.8. The van der Waals surface area contributed by atoms with Gasteiger partial charge in [-0.15, -0.1) is 11.8 Å². The highest BCUT2D eigenvalue weighted by atomic mass is 79.9. The van der Waals surface area contributed by atoms with E-state index in [9.17, 15) is 4.79 Å². The minimum Gasteiger partial charge on any atom is -0.492 e. The van der Waals surface area contributed by atoms with Gasteiger partial charge in [-0.05, 0) is 64.8 Å². The van der Waals surface area contributed by atoms with Crippen LogP contribution in [0.25, 0.3) is 0 Å². The minimum absolute atomic E-state index is 0.0715. The molecule has 4 nitrogen and oxygen atoms in total. The van der Waals surface area contributed by atoms with Crippen LogP contribution in [0.5, 0.6) is 11.5 Å². The van der Waals surface area contributed by atoms with Crippen molar-refractivity contribution in [3.8, 4) is 11.5 Å². The number of thioether (sulfide) groups is 1. The van der Waals surface area contributed by atoms with Gasteiger partial charge < -0.3 is 9.47 Å². The first kappa shape index (κ1) is 18.4. The summed E-state index contributed by atoms with van der Waals surface area (Å²) in [7, 11) is 1.61. The third-order valence-corrected chi connectivity index (χ3v) is 5.85. The van der Waals surface area contributed by atoms with Crippen molar-refractivity contribution in [1.29, 1.82) is 0 Å². The topological polar surface area (TPSA) is 38.8 Å². The van der Waals surface area contributed by atoms with Crippen LogP contribution in [0, 0.1) is 0 Å². The van der Waals surface area contributed by atoms with E-state index in [1.807, 2.05) is 31.2 Å². The molecule has 25 heavy (non-hydrogen) atoms. The first-order valence-electron chi connectivity index (χ1n) is 7.74. The van der Waals surface area contributed by atoms with Crippen LogP contribution in [0.2, 0.25) is 5.02 Å². The van der Waals surface area contributed by atoms with E-state index in [1.165, 1.54) is 0 Å². The van der Waals surface area contributed by atoms with Crippen molar-refractivity contribution < 1.29 is 14.3 Å². The van der Waals surface area contributed by atoms with E-state index in [4.69, 9.17) is 21.1 Å². The number of rotatable bonds is 5. The molecule has 132 valence electrons. The lowest BCUT2D eigenvalue weighted by molar-refractivity contribution is -0.115. The molecule has 0 radical (unpaired) electrons. The van der Waals surface area contributed by atoms with E-state index in [1.54, 1.807) is 35.9 Å². The molecule has 2 aromatic carbocycles. The molecule has 2 aromatic rings. The number of amides is 1. The molecule has 3 rings (SSSR count). The van der Waals surface area contributed by atoms with Crippen LogP contribution in [0.4, 0.5) is 5.69 Å². The van der Waals surface area contributed by atoms with Gasteiger partial charge in [0.1, 0.15) is 5.37 Å². The van der Waals surface area contributed by atoms with Crippen LogP contribution < -0.4 is 14.4 Å². The van der Waals surface area contributed by atoms with Gasteiger partial charge in [0, 0.05) is 10.7 Å². The summed E-state index contributed by atoms with van der Waals surface area (Å²) in [6, 6.07) is 11.2. The predicted molar refractivity (Wildman–Crippen MR) is 106 cm³/mol. The van der Waals surface area contributed by atoms with Crippen LogP contribution in [0.15, 0.2) is 40.9 Å². The summed E-state index contributed by atoms with van der Waals surface area (Å²) in [5, 5.41) is 0.514. The minimum atomic E-state index is -0.130. The monoisotopic (exact) mass is 441 g/mol. The van der Waals surface area contributed by atoms with E-state index < -0.39 is 0 Å². The molecular weight excluding hydrogens is 426 g/mol. The Balaban J connectivity index is 2.02. The van der Waals surface area contributed by atoms with Gasteiger partial charge in [-0.1, -0.05) is 11.6 Å². The Labute approximate surface area is 164 Å². The molecule has 1 saturated heterocycles. The van der Waals surface area contributed by atoms with Gasteiger partial charge in [-0.25, -0.2) is 0 Å². The number of carbonyl (C=O) groups is 1. The van der Waals surface area contributed by atoms with Gasteiger partial charge in [0.15, 0.2) is 11.5 Å². The maximum absolute atomic E-state index is 12.5. The van der Waals surface area contributed by atoms with E-state index in [0.29, 0.717) is 28.9 Å². The first-order chi connectivity index (χ1) is 12.0. The molecule has 7 heteroatoms. The molecule has 0 aliphatic carbocycles. The zero-order chi connectivity index (χ0) is 18.0. The number of hydrogen-bond donors (Lipinski definition) is 0. The average Bonchev–Trinajstić information content (AvgIpc) is 2.97. The second kappa shape index (κ2) is 7.89. The van der Waals surface area contributed by atoms with Gasteiger partial charge >= 0.3 is 0 Å². The number of benzene rings is 2. The van der Waals surface area contributed by atoms with Crippen LogP contribution in [-0.2, 0) is 4.79 Å². The number of anilines is 1. The molecule has 0 saturated carbocycles. The number of carbonyl (C=O) groups excluding carboxylic acids is 1. The van der Waals surface area contributed by atoms with Crippen molar-refractivity contribution in [2.24, 2.45) is 0 Å². The second-order valence-corrected chi connectivity index (χ2v) is 7.73. The summed E-state index contributed by atoms with van der Waals surface area (Å²) in [5.41, 5.74) is 1.80. The normalized spacial score (nSPS) is 17.0. The number of halogens is 2. The fourth-order valence-electron chi connectivity index (χ4n) is 2.74. The molecule has 1 fully saturated rings. The Hall–Kier alpha value is -1.37. The SMILES string of the molecule is CCOc1cc([C@H]2SCC(=O)N2c2ccc(Cl)cc2)cc(Br)c1OC. The van der Waals surface area contributed by atoms with E-state index >= 15 is 0 Å². The lowest BCUT2D eigenvalue weighted by Crippen LogP contribution is -2.27. The highest BCUT2D eigenvalue weighted by molar-refractivity contribution is 9.10. The zero-order valence-corrected chi connectivity index (χ0v) is 17.0. The third-order valence-electron chi connectivity index (χ3n) is 3.79. The number of nitrogens with zero attached hydrogens (tertiary/aromatic N) is 1. The smallest absolute Gasteiger partial charge is 0.238 e. The summed E-state index contributed by atoms with van der Waals surface area (Å²) >= 11 is 11.1. The Kier molecular flexibility index (Phi) is 5.81. The summed E-state index contributed by atoms with van der Waals surface area (Å²) in [5.74, 6) is 1.81. The van der Waals surface area contributed by atoms with E-state index in [2.05, 4.69) is 15.9 Å². The Morgan fingerprint density at radius 2 is 2.04 bits per heavy atom. The molecule has 0 bridgehead atoms. The lowest BCUT2D eigenvalue weighted by Gasteiger charge is -2.25. The third kappa shape index (κ3) is 3.76. The van der Waals surface area contributed by atoms with E-state index in [-0.39, 0.29) is 11.3 Å². The maximum Gasteiger partial charge on any atom is 0.238 e. The van der Waals surface area contributed by atoms with Crippen molar-refractivity contribution in [3.63, 3.8) is 0 Å². The van der Waals surface area contributed by atoms with Crippen molar-refractivity contribution in [2.45, 2.75) is 12.3 Å². The Bertz CT molecular complexity index is 785. The lowest BCUT2D eigenvalue weighted by atomic mass is 10.1. The fraction of sp³-hybridized carbons (Fsp3) is 0.278. The summed E-state index contributed by atoms with van der Waals surface area (Å²) in [6.07, 6.45) is 0. The van der Waals surface area contributed by atoms with Crippen molar-refractivity contribution in [2.75, 3.05) is 24.4 Å². The van der Waals surface area contributed by atoms with Crippen molar-refractivity contribution in [1.82, 2.24) is 0 Å². The van der Waals surface area contributed by atoms with Crippen LogP contribution in [0.3, 0.4) is 0 Å². The predicted octanol–water partition coefficient (Wildman–Crippen LogP) is 5.29. The number of ether oxygens (including phenoxy) is 2. The van der Waals surface area contributed by atoms with Gasteiger partial charge in [0.25, 0.3) is 0 Å². The second-order valence-electron chi connectivity index (χ2n) is 5.37. The summed E-state index contributed by atoms with van der Waals surface area (Å²) < 4.78 is 11.9. The molecule has 1 atom stereocenters. The van der Waals surface area contributed by atoms with Gasteiger partial charge in [0.05, 0.1) is 23.9 Å². The van der Waals surface area contributed by atoms with Gasteiger partial charge in [0.2, 0.25) is 5.91 Å². The molecule has 0 spiro atoms. The number of methoxy groups -OCH3 is 1. The van der Waals surface area contributed by atoms with Gasteiger partial charge in [-0.3, -0.25) is 9.69 Å². The van der Waals surface area contributed by atoms with Crippen molar-refractivity contribution in [3.05, 3.63) is 51.5 Å². The standard InChI is InChI=1S/C18H17BrClNO3S/c1-3-24-15-9-11(8-14(19)17(15)23-2)18-21(16(22)10-25-18)13-6-4-12(20)5-7-13/h4-9,18H,3,10H2,1-2H3/t18-/m1/s1. The van der Waals surface area contributed by atoms with Crippen LogP contribution in [-0.4, -0.2) is 25.4 Å². The van der Waals surface area contributed by atoms with Crippen molar-refractivity contribution >= 4 is 50.9 Å². The summed E-state index contributed by atoms with van der Waals surface area (Å²) in [6.45, 7) is 2.46. The van der Waals surface area contributed by atoms with Gasteiger partial charge in [-0.2, -0.15) is 0 Å². The molecule has 1 amide bonds. The molecule has 0 N–H and O–H groups in total. The molecule has 1 heterocycles. The first-order valence-corrected chi connectivity index (χ1v) is 9.96. The number of hydrogen-bond acceptors (Lipinski definition) is 4. The highest BCUT2D eigenvalue weighted by Gasteiger charge is 2.35. The Morgan fingerprint density at radius 1 is 1.32 bits per heavy atom. The highest BCUT2D eigenvalue weighted by Crippen LogP contribution is 2.46. The average molecular weight is 443 g/mol. The molecular formula is C18H17BrClNO3S. The molecule has 1 aliphatic rings. The fourth-order valence-corrected chi connectivity index (χ4v) is 4.65. The van der Waals surface area contributed by atoms with Crippen LogP contribution >= 0.6 is 39.3 Å². The quantitative estimate of drug-likeness (QED) is 0.631. The van der Waals surface area contributed by atoms with Crippen LogP contribution in [0.1, 0.15) is 17.9 Å². The maximum atomic E-state index is 12.5. The van der Waals surface area contributed by atoms with E-state index in [0.717, 1.165) is 15.7 Å². The summed E-state index contributed by atoms with van der Waals surface area (Å²) in [4.78, 5) is 14.3. The molecule has 0 unspecified atom stereocenters.